The van der Waals surface area contributed by atoms with Gasteiger partial charge in [0.2, 0.25) is 0 Å². The number of hydrogen-bond acceptors (Lipinski definition) is 8. The molecule has 0 amide bonds. The molecule has 0 saturated carbocycles. The molecule has 216 valence electrons. The molecule has 38 heavy (non-hydrogen) atoms. The SMILES string of the molecule is C=C(N[C@H](C=O)CNOC[C@@H]1CCCN(CCCc2ccc3c(n2)NCCC3)C1)c1ccncc1.CC.O.[HH].[HH].[HH]. The lowest BCUT2D eigenvalue weighted by Gasteiger charge is -2.32. The molecule has 5 N–H and O–H groups in total. The summed E-state index contributed by atoms with van der Waals surface area (Å²) in [7, 11) is 0. The average molecular weight is 533 g/mol. The predicted octanol–water partition coefficient (Wildman–Crippen LogP) is 3.77. The number of fused-ring (bicyclic) bond motifs is 1. The molecule has 0 unspecified atom stereocenters. The normalized spacial score (nSPS) is 17.5. The molecular formula is C29H52N6O3. The summed E-state index contributed by atoms with van der Waals surface area (Å²) in [5, 5.41) is 6.56. The van der Waals surface area contributed by atoms with Gasteiger partial charge >= 0.3 is 0 Å². The van der Waals surface area contributed by atoms with E-state index in [1.807, 2.05) is 26.0 Å². The van der Waals surface area contributed by atoms with E-state index in [0.717, 1.165) is 63.1 Å². The van der Waals surface area contributed by atoms with Crippen molar-refractivity contribution in [1.29, 1.82) is 0 Å². The van der Waals surface area contributed by atoms with Gasteiger partial charge < -0.3 is 30.6 Å². The Balaban J connectivity index is 0. The van der Waals surface area contributed by atoms with E-state index in [4.69, 9.17) is 9.82 Å². The lowest BCUT2D eigenvalue weighted by Crippen LogP contribution is -2.41. The van der Waals surface area contributed by atoms with Crippen LogP contribution in [0, 0.1) is 5.92 Å². The second-order valence-corrected chi connectivity index (χ2v) is 9.51. The third-order valence-electron chi connectivity index (χ3n) is 6.74. The maximum Gasteiger partial charge on any atom is 0.143 e. The van der Waals surface area contributed by atoms with Gasteiger partial charge in [0, 0.05) is 53.3 Å². The van der Waals surface area contributed by atoms with E-state index >= 15 is 0 Å². The van der Waals surface area contributed by atoms with Crippen molar-refractivity contribution in [3.63, 3.8) is 0 Å². The first-order valence-corrected chi connectivity index (χ1v) is 13.8. The van der Waals surface area contributed by atoms with Crippen molar-refractivity contribution in [3.8, 4) is 0 Å². The molecule has 2 aliphatic rings. The first-order valence-electron chi connectivity index (χ1n) is 13.8. The zero-order valence-corrected chi connectivity index (χ0v) is 23.0. The summed E-state index contributed by atoms with van der Waals surface area (Å²) in [5.74, 6) is 1.59. The summed E-state index contributed by atoms with van der Waals surface area (Å²) >= 11 is 0. The van der Waals surface area contributed by atoms with Crippen molar-refractivity contribution < 1.29 is 19.4 Å². The Bertz CT molecular complexity index is 974. The number of aromatic nitrogens is 2. The predicted molar refractivity (Wildman–Crippen MR) is 160 cm³/mol. The van der Waals surface area contributed by atoms with E-state index in [9.17, 15) is 4.79 Å². The van der Waals surface area contributed by atoms with E-state index in [1.165, 1.54) is 30.5 Å². The Hall–Kier alpha value is -2.85. The van der Waals surface area contributed by atoms with Gasteiger partial charge in [-0.2, -0.15) is 0 Å². The number of nitrogens with zero attached hydrogens (tertiary/aromatic N) is 3. The molecule has 4 heterocycles. The van der Waals surface area contributed by atoms with Gasteiger partial charge in [0.1, 0.15) is 12.1 Å². The van der Waals surface area contributed by atoms with Crippen LogP contribution in [-0.4, -0.2) is 72.0 Å². The monoisotopic (exact) mass is 532 g/mol. The molecule has 2 aliphatic heterocycles. The number of pyridine rings is 2. The number of carbonyl (C=O) groups is 1. The van der Waals surface area contributed by atoms with Crippen LogP contribution in [0.25, 0.3) is 5.70 Å². The lowest BCUT2D eigenvalue weighted by atomic mass is 9.98. The Morgan fingerprint density at radius 2 is 2.11 bits per heavy atom. The van der Waals surface area contributed by atoms with Crippen molar-refractivity contribution in [2.45, 2.75) is 58.4 Å². The minimum Gasteiger partial charge on any atom is -0.412 e. The van der Waals surface area contributed by atoms with E-state index in [0.29, 0.717) is 24.8 Å². The smallest absolute Gasteiger partial charge is 0.143 e. The fraction of sp³-hybridized carbons (Fsp3) is 0.552. The Labute approximate surface area is 232 Å². The summed E-state index contributed by atoms with van der Waals surface area (Å²) in [6, 6.07) is 7.74. The molecule has 0 bridgehead atoms. The molecule has 2 aromatic heterocycles. The number of hydroxylamine groups is 1. The van der Waals surface area contributed by atoms with Crippen molar-refractivity contribution >= 4 is 17.8 Å². The second-order valence-electron chi connectivity index (χ2n) is 9.51. The number of likely N-dealkylation sites (tertiary alicyclic amines) is 1. The number of piperidine rings is 1. The van der Waals surface area contributed by atoms with Gasteiger partial charge in [-0.15, -0.1) is 0 Å². The number of aldehydes is 1. The summed E-state index contributed by atoms with van der Waals surface area (Å²) < 4.78 is 0. The third-order valence-corrected chi connectivity index (χ3v) is 6.74. The van der Waals surface area contributed by atoms with E-state index < -0.39 is 6.04 Å². The second kappa shape index (κ2) is 17.6. The van der Waals surface area contributed by atoms with Crippen molar-refractivity contribution in [3.05, 3.63) is 60.1 Å². The quantitative estimate of drug-likeness (QED) is 0.202. The molecule has 0 aromatic carbocycles. The molecule has 1 saturated heterocycles. The minimum atomic E-state index is -0.411. The van der Waals surface area contributed by atoms with Crippen LogP contribution >= 0.6 is 0 Å². The Morgan fingerprint density at radius 3 is 2.89 bits per heavy atom. The number of hydrogen-bond donors (Lipinski definition) is 3. The van der Waals surface area contributed by atoms with Gasteiger partial charge in [-0.25, -0.2) is 10.5 Å². The first-order chi connectivity index (χ1) is 18.2. The topological polar surface area (TPSA) is 123 Å². The fourth-order valence-corrected chi connectivity index (χ4v) is 4.80. The largest absolute Gasteiger partial charge is 0.412 e. The lowest BCUT2D eigenvalue weighted by molar-refractivity contribution is -0.110. The van der Waals surface area contributed by atoms with Crippen LogP contribution in [0.1, 0.15) is 60.6 Å². The van der Waals surface area contributed by atoms with Crippen LogP contribution in [0.15, 0.2) is 43.2 Å². The molecule has 2 atom stereocenters. The molecule has 0 spiro atoms. The van der Waals surface area contributed by atoms with E-state index in [-0.39, 0.29) is 9.76 Å². The molecule has 4 rings (SSSR count). The van der Waals surface area contributed by atoms with E-state index in [2.05, 4.69) is 44.7 Å². The van der Waals surface area contributed by atoms with E-state index in [1.54, 1.807) is 12.4 Å². The molecule has 9 nitrogen and oxygen atoms in total. The maximum atomic E-state index is 11.5. The minimum absolute atomic E-state index is 0. The fourth-order valence-electron chi connectivity index (χ4n) is 4.80. The Morgan fingerprint density at radius 1 is 1.29 bits per heavy atom. The van der Waals surface area contributed by atoms with Crippen LogP contribution in [-0.2, 0) is 22.5 Å². The van der Waals surface area contributed by atoms with Gasteiger partial charge in [-0.1, -0.05) is 26.5 Å². The van der Waals surface area contributed by atoms with Gasteiger partial charge in [0.05, 0.1) is 12.6 Å². The van der Waals surface area contributed by atoms with Crippen molar-refractivity contribution in [1.82, 2.24) is 25.7 Å². The number of nitrogens with one attached hydrogen (secondary N) is 3. The van der Waals surface area contributed by atoms with Gasteiger partial charge in [-0.05, 0) is 81.3 Å². The van der Waals surface area contributed by atoms with Crippen LogP contribution in [0.5, 0.6) is 0 Å². The molecule has 0 aliphatic carbocycles. The molecule has 9 heteroatoms. The molecule has 2 aromatic rings. The first kappa shape index (κ1) is 31.4. The standard InChI is InChI=1S/C27H38N6O2.C2H6.H2O.3H2/c1-21(23-10-13-28-14-11-23)31-26(19-34)17-30-35-20-22-5-3-15-33(18-22)16-4-7-25-9-8-24-6-2-12-29-27(24)32-25;1-2;;;;/h8-11,13-14,19,22,26,30-31H,1-7,12,15-18,20H2,(H,29,32);1-2H3;1H2;3*1H/t22-,26+;;;;;/m1...../s1. The van der Waals surface area contributed by atoms with Crippen LogP contribution in [0.3, 0.4) is 0 Å². The summed E-state index contributed by atoms with van der Waals surface area (Å²) in [5.41, 5.74) is 7.10. The zero-order valence-electron chi connectivity index (χ0n) is 23.0. The highest BCUT2D eigenvalue weighted by molar-refractivity contribution is 5.67. The number of aryl methyl sites for hydroxylation is 2. The number of rotatable bonds is 13. The molecular weight excluding hydrogens is 480 g/mol. The molecule has 0 radical (unpaired) electrons. The van der Waals surface area contributed by atoms with Crippen molar-refractivity contribution in [2.24, 2.45) is 5.92 Å². The van der Waals surface area contributed by atoms with Crippen molar-refractivity contribution in [2.75, 3.05) is 44.6 Å². The zero-order chi connectivity index (χ0) is 26.3. The van der Waals surface area contributed by atoms with Gasteiger partial charge in [0.25, 0.3) is 0 Å². The maximum absolute atomic E-state index is 11.5. The summed E-state index contributed by atoms with van der Waals surface area (Å²) in [6.45, 7) is 13.4. The van der Waals surface area contributed by atoms with Crippen LogP contribution in [0.4, 0.5) is 5.82 Å². The highest BCUT2D eigenvalue weighted by Crippen LogP contribution is 2.21. The average Bonchev–Trinajstić information content (AvgIpc) is 2.96. The highest BCUT2D eigenvalue weighted by atomic mass is 16.6. The summed E-state index contributed by atoms with van der Waals surface area (Å²) in [4.78, 5) is 28.6. The Kier molecular flexibility index (Phi) is 14.5. The van der Waals surface area contributed by atoms with Crippen LogP contribution in [0.2, 0.25) is 0 Å². The number of carbonyl (C=O) groups excluding carboxylic acids is 1. The van der Waals surface area contributed by atoms with Gasteiger partial charge in [0.15, 0.2) is 0 Å². The third kappa shape index (κ3) is 10.1. The van der Waals surface area contributed by atoms with Crippen LogP contribution < -0.4 is 16.1 Å². The number of anilines is 1. The highest BCUT2D eigenvalue weighted by Gasteiger charge is 2.20. The summed E-state index contributed by atoms with van der Waals surface area (Å²) in [6.07, 6.45) is 11.1. The molecule has 1 fully saturated rings. The van der Waals surface area contributed by atoms with Gasteiger partial charge in [-0.3, -0.25) is 4.98 Å².